The first-order chi connectivity index (χ1) is 12.4. The number of nitrogens with zero attached hydrogens (tertiary/aromatic N) is 2. The minimum absolute atomic E-state index is 0.0625. The van der Waals surface area contributed by atoms with E-state index in [-0.39, 0.29) is 12.2 Å². The van der Waals surface area contributed by atoms with Gasteiger partial charge in [0.05, 0.1) is 12.0 Å². The van der Waals surface area contributed by atoms with Crippen LogP contribution in [0.25, 0.3) is 0 Å². The van der Waals surface area contributed by atoms with Gasteiger partial charge < -0.3 is 9.64 Å². The molecule has 27 heavy (non-hydrogen) atoms. The van der Waals surface area contributed by atoms with Crippen LogP contribution in [0.2, 0.25) is 0 Å². The van der Waals surface area contributed by atoms with E-state index < -0.39 is 31.0 Å². The highest BCUT2D eigenvalue weighted by Gasteiger charge is 2.55. The maximum Gasteiger partial charge on any atom is 0.422 e. The van der Waals surface area contributed by atoms with Crippen molar-refractivity contribution in [2.24, 2.45) is 4.99 Å². The van der Waals surface area contributed by atoms with Crippen LogP contribution in [0.4, 0.5) is 27.6 Å². The summed E-state index contributed by atoms with van der Waals surface area (Å²) in [6.45, 7) is 6.67. The molecule has 0 aliphatic rings. The molecular weight excluding hydrogens is 367 g/mol. The summed E-state index contributed by atoms with van der Waals surface area (Å²) in [5, 5.41) is 0. The molecule has 2 unspecified atom stereocenters. The molecule has 8 heteroatoms. The Hall–Kier alpha value is -1.86. The fraction of sp³-hybridized carbons (Fsp3) is 0.632. The van der Waals surface area contributed by atoms with Gasteiger partial charge in [-0.3, -0.25) is 0 Å². The summed E-state index contributed by atoms with van der Waals surface area (Å²) < 4.78 is 71.7. The van der Waals surface area contributed by atoms with Gasteiger partial charge in [-0.05, 0) is 50.5 Å². The quantitative estimate of drug-likeness (QED) is 0.305. The fourth-order valence-electron chi connectivity index (χ4n) is 2.49. The van der Waals surface area contributed by atoms with E-state index in [1.165, 1.54) is 6.92 Å². The zero-order valence-electron chi connectivity index (χ0n) is 16.3. The first kappa shape index (κ1) is 23.2. The normalized spacial score (nSPS) is 15.6. The molecule has 2 atom stereocenters. The van der Waals surface area contributed by atoms with Crippen molar-refractivity contribution >= 4 is 12.0 Å². The molecule has 1 aromatic rings. The van der Waals surface area contributed by atoms with Crippen molar-refractivity contribution in [1.29, 1.82) is 0 Å². The van der Waals surface area contributed by atoms with Gasteiger partial charge in [0.2, 0.25) is 6.17 Å². The second-order valence-electron chi connectivity index (χ2n) is 6.70. The van der Waals surface area contributed by atoms with E-state index >= 15 is 0 Å². The smallest absolute Gasteiger partial charge is 0.422 e. The molecule has 1 rings (SSSR count). The van der Waals surface area contributed by atoms with Crippen LogP contribution in [0.15, 0.2) is 17.1 Å². The minimum atomic E-state index is -5.28. The monoisotopic (exact) mass is 394 g/mol. The van der Waals surface area contributed by atoms with Gasteiger partial charge in [-0.15, -0.1) is 0 Å². The maximum absolute atomic E-state index is 14.7. The SMILES string of the molecule is CCCC(F)(COc1cc(C)c(N=CN(C)CC)cc1C)C(F)C(F)(F)F. The Morgan fingerprint density at radius 2 is 1.78 bits per heavy atom. The van der Waals surface area contributed by atoms with Crippen LogP contribution in [0.3, 0.4) is 0 Å². The van der Waals surface area contributed by atoms with E-state index in [2.05, 4.69) is 4.99 Å². The van der Waals surface area contributed by atoms with Gasteiger partial charge in [-0.1, -0.05) is 13.3 Å². The Labute approximate surface area is 157 Å². The summed E-state index contributed by atoms with van der Waals surface area (Å²) in [6, 6.07) is 3.27. The average molecular weight is 394 g/mol. The molecule has 0 saturated heterocycles. The predicted molar refractivity (Wildman–Crippen MR) is 97.6 cm³/mol. The van der Waals surface area contributed by atoms with E-state index in [0.717, 1.165) is 6.54 Å². The van der Waals surface area contributed by atoms with Crippen LogP contribution in [0.5, 0.6) is 5.75 Å². The summed E-state index contributed by atoms with van der Waals surface area (Å²) in [5.74, 6) is 0.211. The van der Waals surface area contributed by atoms with Crippen molar-refractivity contribution in [3.63, 3.8) is 0 Å². The van der Waals surface area contributed by atoms with E-state index in [0.29, 0.717) is 16.8 Å². The minimum Gasteiger partial charge on any atom is -0.490 e. The number of hydrogen-bond donors (Lipinski definition) is 0. The number of halogens is 5. The Balaban J connectivity index is 3.01. The molecule has 0 N–H and O–H groups in total. The fourth-order valence-corrected chi connectivity index (χ4v) is 2.49. The van der Waals surface area contributed by atoms with Gasteiger partial charge in [0, 0.05) is 13.6 Å². The van der Waals surface area contributed by atoms with Crippen LogP contribution < -0.4 is 4.74 Å². The summed E-state index contributed by atoms with van der Waals surface area (Å²) >= 11 is 0. The number of benzene rings is 1. The number of alkyl halides is 5. The molecule has 1 aromatic carbocycles. The lowest BCUT2D eigenvalue weighted by Gasteiger charge is -2.30. The molecule has 0 amide bonds. The zero-order valence-corrected chi connectivity index (χ0v) is 16.3. The molecule has 0 aromatic heterocycles. The van der Waals surface area contributed by atoms with Crippen molar-refractivity contribution in [2.75, 3.05) is 20.2 Å². The maximum atomic E-state index is 14.7. The average Bonchev–Trinajstić information content (AvgIpc) is 2.59. The predicted octanol–water partition coefficient (Wildman–Crippen LogP) is 5.70. The van der Waals surface area contributed by atoms with E-state index in [1.54, 1.807) is 32.3 Å². The van der Waals surface area contributed by atoms with Crippen LogP contribution in [-0.4, -0.2) is 49.5 Å². The molecule has 0 radical (unpaired) electrons. The highest BCUT2D eigenvalue weighted by atomic mass is 19.4. The number of aryl methyl sites for hydroxylation is 2. The van der Waals surface area contributed by atoms with Crippen molar-refractivity contribution in [1.82, 2.24) is 4.90 Å². The van der Waals surface area contributed by atoms with Gasteiger partial charge in [-0.25, -0.2) is 13.8 Å². The molecule has 0 bridgehead atoms. The molecular formula is C19H27F5N2O. The number of hydrogen-bond acceptors (Lipinski definition) is 2. The first-order valence-electron chi connectivity index (χ1n) is 8.82. The van der Waals surface area contributed by atoms with Gasteiger partial charge in [0.1, 0.15) is 12.4 Å². The van der Waals surface area contributed by atoms with Gasteiger partial charge >= 0.3 is 6.18 Å². The summed E-state index contributed by atoms with van der Waals surface area (Å²) in [7, 11) is 1.87. The molecule has 0 saturated carbocycles. The molecule has 0 fully saturated rings. The van der Waals surface area contributed by atoms with Crippen molar-refractivity contribution in [3.8, 4) is 5.75 Å². The Bertz CT molecular complexity index is 648. The van der Waals surface area contributed by atoms with Crippen molar-refractivity contribution < 1.29 is 26.7 Å². The molecule has 0 aliphatic carbocycles. The van der Waals surface area contributed by atoms with E-state index in [1.807, 2.05) is 18.9 Å². The third kappa shape index (κ3) is 6.36. The van der Waals surface area contributed by atoms with Crippen LogP contribution >= 0.6 is 0 Å². The topological polar surface area (TPSA) is 24.8 Å². The lowest BCUT2D eigenvalue weighted by molar-refractivity contribution is -0.221. The van der Waals surface area contributed by atoms with Crippen LogP contribution in [-0.2, 0) is 0 Å². The van der Waals surface area contributed by atoms with Crippen LogP contribution in [0, 0.1) is 13.8 Å². The van der Waals surface area contributed by atoms with Gasteiger partial charge in [0.15, 0.2) is 5.67 Å². The highest BCUT2D eigenvalue weighted by Crippen LogP contribution is 2.38. The summed E-state index contributed by atoms with van der Waals surface area (Å²) in [6.07, 6.45) is -7.74. The standard InChI is InChI=1S/C19H27F5N2O/c1-6-8-18(21,17(20)19(22,23)24)11-27-16-10-13(3)15(9-14(16)4)25-12-26(5)7-2/h9-10,12,17H,6-8,11H2,1-5H3. The zero-order chi connectivity index (χ0) is 20.8. The second-order valence-corrected chi connectivity index (χ2v) is 6.70. The highest BCUT2D eigenvalue weighted by molar-refractivity contribution is 5.64. The number of rotatable bonds is 9. The second kappa shape index (κ2) is 9.37. The largest absolute Gasteiger partial charge is 0.490 e. The van der Waals surface area contributed by atoms with Crippen LogP contribution in [0.1, 0.15) is 37.8 Å². The van der Waals surface area contributed by atoms with Gasteiger partial charge in [-0.2, -0.15) is 13.2 Å². The van der Waals surface area contributed by atoms with Gasteiger partial charge in [0.25, 0.3) is 0 Å². The third-order valence-corrected chi connectivity index (χ3v) is 4.26. The van der Waals surface area contributed by atoms with E-state index in [4.69, 9.17) is 4.74 Å². The summed E-state index contributed by atoms with van der Waals surface area (Å²) in [4.78, 5) is 6.21. The Kier molecular flexibility index (Phi) is 8.04. The lowest BCUT2D eigenvalue weighted by Crippen LogP contribution is -2.48. The first-order valence-corrected chi connectivity index (χ1v) is 8.82. The molecule has 0 heterocycles. The molecule has 0 aliphatic heterocycles. The van der Waals surface area contributed by atoms with Crippen molar-refractivity contribution in [2.45, 2.75) is 58.6 Å². The summed E-state index contributed by atoms with van der Waals surface area (Å²) in [5.41, 5.74) is -1.18. The van der Waals surface area contributed by atoms with E-state index in [9.17, 15) is 22.0 Å². The molecule has 0 spiro atoms. The lowest BCUT2D eigenvalue weighted by atomic mass is 9.95. The number of aliphatic imine (C=N–C) groups is 1. The molecule has 3 nitrogen and oxygen atoms in total. The Morgan fingerprint density at radius 3 is 2.30 bits per heavy atom. The number of ether oxygens (including phenoxy) is 1. The van der Waals surface area contributed by atoms with Crippen molar-refractivity contribution in [3.05, 3.63) is 23.3 Å². The third-order valence-electron chi connectivity index (χ3n) is 4.26. The molecule has 154 valence electrons. The Morgan fingerprint density at radius 1 is 1.15 bits per heavy atom.